The van der Waals surface area contributed by atoms with Crippen molar-refractivity contribution in [3.63, 3.8) is 0 Å². The molecular weight excluding hydrogens is 138 g/mol. The van der Waals surface area contributed by atoms with Gasteiger partial charge in [0.25, 0.3) is 0 Å². The quantitative estimate of drug-likeness (QED) is 0.591. The van der Waals surface area contributed by atoms with Gasteiger partial charge in [-0.3, -0.25) is 4.99 Å². The van der Waals surface area contributed by atoms with Crippen LogP contribution >= 0.6 is 0 Å². The number of hydrogen-bond donors (Lipinski definition) is 1. The molecule has 3 nitrogen and oxygen atoms in total. The second kappa shape index (κ2) is 2.13. The van der Waals surface area contributed by atoms with Gasteiger partial charge < -0.3 is 10.2 Å². The second-order valence-electron chi connectivity index (χ2n) is 3.81. The van der Waals surface area contributed by atoms with Gasteiger partial charge in [0, 0.05) is 19.1 Å². The molecule has 0 bridgehead atoms. The van der Waals surface area contributed by atoms with Gasteiger partial charge in [0.2, 0.25) is 0 Å². The van der Waals surface area contributed by atoms with E-state index in [0.29, 0.717) is 5.54 Å². The molecule has 2 rings (SSSR count). The van der Waals surface area contributed by atoms with E-state index in [1.165, 1.54) is 12.8 Å². The maximum atomic E-state index is 4.37. The molecule has 1 aliphatic heterocycles. The summed E-state index contributed by atoms with van der Waals surface area (Å²) in [7, 11) is 2.09. The lowest BCUT2D eigenvalue weighted by Crippen LogP contribution is -2.41. The number of guanidine groups is 1. The molecule has 0 amide bonds. The van der Waals surface area contributed by atoms with Gasteiger partial charge in [0.05, 0.1) is 6.54 Å². The highest BCUT2D eigenvalue weighted by atomic mass is 15.3. The van der Waals surface area contributed by atoms with Gasteiger partial charge in [-0.15, -0.1) is 0 Å². The fourth-order valence-corrected chi connectivity index (χ4v) is 1.25. The van der Waals surface area contributed by atoms with Crippen LogP contribution in [0.5, 0.6) is 0 Å². The fourth-order valence-electron chi connectivity index (χ4n) is 1.25. The smallest absolute Gasteiger partial charge is 0.194 e. The summed E-state index contributed by atoms with van der Waals surface area (Å²) >= 11 is 0. The molecule has 1 fully saturated rings. The van der Waals surface area contributed by atoms with Gasteiger partial charge >= 0.3 is 0 Å². The van der Waals surface area contributed by atoms with Crippen LogP contribution in [0.3, 0.4) is 0 Å². The number of likely N-dealkylation sites (N-methyl/N-ethyl adjacent to an activating group) is 1. The lowest BCUT2D eigenvalue weighted by molar-refractivity contribution is 0.512. The minimum absolute atomic E-state index is 0.372. The van der Waals surface area contributed by atoms with E-state index in [1.54, 1.807) is 0 Å². The summed E-state index contributed by atoms with van der Waals surface area (Å²) in [5.74, 6) is 1.09. The van der Waals surface area contributed by atoms with Gasteiger partial charge in [0.15, 0.2) is 5.96 Å². The Morgan fingerprint density at radius 3 is 2.73 bits per heavy atom. The minimum Gasteiger partial charge on any atom is -0.351 e. The Bertz CT molecular complexity index is 194. The summed E-state index contributed by atoms with van der Waals surface area (Å²) in [5.41, 5.74) is 0.372. The summed E-state index contributed by atoms with van der Waals surface area (Å²) < 4.78 is 0. The highest BCUT2D eigenvalue weighted by Crippen LogP contribution is 2.34. The maximum absolute atomic E-state index is 4.37. The van der Waals surface area contributed by atoms with Crippen molar-refractivity contribution >= 4 is 5.96 Å². The first-order chi connectivity index (χ1) is 5.20. The van der Waals surface area contributed by atoms with E-state index < -0.39 is 0 Å². The normalized spacial score (nSPS) is 26.7. The second-order valence-corrected chi connectivity index (χ2v) is 3.81. The Morgan fingerprint density at radius 2 is 2.27 bits per heavy atom. The summed E-state index contributed by atoms with van der Waals surface area (Å²) in [5, 5.41) is 3.45. The molecule has 2 aliphatic rings. The Labute approximate surface area is 67.5 Å². The average molecular weight is 153 g/mol. The molecule has 1 aliphatic carbocycles. The SMILES string of the molecule is CN1CCN=C1NC1(C)CC1. The Balaban J connectivity index is 1.95. The molecule has 1 saturated carbocycles. The third kappa shape index (κ3) is 1.32. The number of hydrogen-bond acceptors (Lipinski definition) is 3. The van der Waals surface area contributed by atoms with Crippen LogP contribution in [0.2, 0.25) is 0 Å². The zero-order valence-electron chi connectivity index (χ0n) is 7.22. The van der Waals surface area contributed by atoms with Crippen LogP contribution in [-0.4, -0.2) is 36.5 Å². The summed E-state index contributed by atoms with van der Waals surface area (Å²) in [6.45, 7) is 4.27. The van der Waals surface area contributed by atoms with E-state index >= 15 is 0 Å². The van der Waals surface area contributed by atoms with Crippen molar-refractivity contribution in [1.29, 1.82) is 0 Å². The van der Waals surface area contributed by atoms with Crippen molar-refractivity contribution in [2.75, 3.05) is 20.1 Å². The van der Waals surface area contributed by atoms with Crippen LogP contribution in [0.15, 0.2) is 4.99 Å². The summed E-state index contributed by atoms with van der Waals surface area (Å²) in [4.78, 5) is 6.56. The highest BCUT2D eigenvalue weighted by Gasteiger charge is 2.39. The van der Waals surface area contributed by atoms with Crippen molar-refractivity contribution < 1.29 is 0 Å². The number of rotatable bonds is 1. The number of nitrogens with one attached hydrogen (secondary N) is 1. The van der Waals surface area contributed by atoms with Crippen LogP contribution in [0.4, 0.5) is 0 Å². The van der Waals surface area contributed by atoms with Crippen molar-refractivity contribution in [3.05, 3.63) is 0 Å². The largest absolute Gasteiger partial charge is 0.351 e. The molecule has 1 N–H and O–H groups in total. The predicted molar refractivity (Wildman–Crippen MR) is 45.7 cm³/mol. The third-order valence-electron chi connectivity index (χ3n) is 2.47. The zero-order valence-corrected chi connectivity index (χ0v) is 7.22. The van der Waals surface area contributed by atoms with E-state index in [-0.39, 0.29) is 0 Å². The molecule has 0 aromatic carbocycles. The monoisotopic (exact) mass is 153 g/mol. The van der Waals surface area contributed by atoms with Gasteiger partial charge in [0.1, 0.15) is 0 Å². The maximum Gasteiger partial charge on any atom is 0.194 e. The van der Waals surface area contributed by atoms with Crippen molar-refractivity contribution in [2.45, 2.75) is 25.3 Å². The van der Waals surface area contributed by atoms with Crippen molar-refractivity contribution in [2.24, 2.45) is 4.99 Å². The molecular formula is C8H15N3. The topological polar surface area (TPSA) is 27.6 Å². The molecule has 1 heterocycles. The molecule has 0 saturated heterocycles. The van der Waals surface area contributed by atoms with Gasteiger partial charge in [-0.1, -0.05) is 0 Å². The van der Waals surface area contributed by atoms with Gasteiger partial charge in [-0.05, 0) is 19.8 Å². The Morgan fingerprint density at radius 1 is 1.55 bits per heavy atom. The standard InChI is InChI=1S/C8H15N3/c1-8(3-4-8)10-7-9-5-6-11(7)2/h3-6H2,1-2H3,(H,9,10). The van der Waals surface area contributed by atoms with Crippen LogP contribution in [0, 0.1) is 0 Å². The molecule has 11 heavy (non-hydrogen) atoms. The van der Waals surface area contributed by atoms with Gasteiger partial charge in [-0.2, -0.15) is 0 Å². The lowest BCUT2D eigenvalue weighted by atomic mass is 10.3. The van der Waals surface area contributed by atoms with Crippen LogP contribution < -0.4 is 5.32 Å². The highest BCUT2D eigenvalue weighted by molar-refractivity contribution is 5.82. The van der Waals surface area contributed by atoms with Crippen molar-refractivity contribution in [3.8, 4) is 0 Å². The van der Waals surface area contributed by atoms with E-state index in [4.69, 9.17) is 0 Å². The lowest BCUT2D eigenvalue weighted by Gasteiger charge is -2.19. The van der Waals surface area contributed by atoms with E-state index in [0.717, 1.165) is 19.0 Å². The van der Waals surface area contributed by atoms with E-state index in [1.807, 2.05) is 0 Å². The molecule has 0 radical (unpaired) electrons. The van der Waals surface area contributed by atoms with Crippen LogP contribution in [-0.2, 0) is 0 Å². The fraction of sp³-hybridized carbons (Fsp3) is 0.875. The number of aliphatic imine (C=N–C) groups is 1. The number of nitrogens with zero attached hydrogens (tertiary/aromatic N) is 2. The zero-order chi connectivity index (χ0) is 7.90. The average Bonchev–Trinajstić information content (AvgIpc) is 2.54. The van der Waals surface area contributed by atoms with Crippen LogP contribution in [0.25, 0.3) is 0 Å². The molecule has 62 valence electrons. The third-order valence-corrected chi connectivity index (χ3v) is 2.47. The molecule has 0 atom stereocenters. The Kier molecular flexibility index (Phi) is 1.34. The summed E-state index contributed by atoms with van der Waals surface area (Å²) in [6, 6.07) is 0. The predicted octanol–water partition coefficient (Wildman–Crippen LogP) is 0.430. The molecule has 0 spiro atoms. The molecule has 0 aromatic heterocycles. The first-order valence-corrected chi connectivity index (χ1v) is 4.23. The summed E-state index contributed by atoms with van der Waals surface area (Å²) in [6.07, 6.45) is 2.58. The van der Waals surface area contributed by atoms with Crippen molar-refractivity contribution in [1.82, 2.24) is 10.2 Å². The first kappa shape index (κ1) is 6.95. The molecule has 0 aromatic rings. The van der Waals surface area contributed by atoms with E-state index in [9.17, 15) is 0 Å². The van der Waals surface area contributed by atoms with Gasteiger partial charge in [-0.25, -0.2) is 0 Å². The minimum atomic E-state index is 0.372. The Hall–Kier alpha value is -0.730. The molecule has 3 heteroatoms. The molecule has 0 unspecified atom stereocenters. The van der Waals surface area contributed by atoms with E-state index in [2.05, 4.69) is 29.2 Å². The first-order valence-electron chi connectivity index (χ1n) is 4.23. The van der Waals surface area contributed by atoms with Crippen LogP contribution in [0.1, 0.15) is 19.8 Å².